The largest absolute Gasteiger partial charge is 0.399 e. The van der Waals surface area contributed by atoms with Gasteiger partial charge in [0.2, 0.25) is 5.91 Å². The molecule has 1 aliphatic carbocycles. The van der Waals surface area contributed by atoms with Gasteiger partial charge in [0.1, 0.15) is 0 Å². The topological polar surface area (TPSA) is 68.0 Å². The van der Waals surface area contributed by atoms with Crippen molar-refractivity contribution in [3.8, 4) is 0 Å². The van der Waals surface area contributed by atoms with Crippen LogP contribution in [0, 0.1) is 0 Å². The molecule has 0 saturated heterocycles. The number of thioether (sulfide) groups is 1. The molecule has 0 aliphatic heterocycles. The molecule has 1 heterocycles. The summed E-state index contributed by atoms with van der Waals surface area (Å²) >= 11 is 3.23. The molecule has 4 nitrogen and oxygen atoms in total. The van der Waals surface area contributed by atoms with Crippen molar-refractivity contribution < 1.29 is 4.79 Å². The number of carbonyl (C=O) groups is 1. The van der Waals surface area contributed by atoms with E-state index in [2.05, 4.69) is 10.3 Å². The van der Waals surface area contributed by atoms with Gasteiger partial charge in [-0.3, -0.25) is 4.79 Å². The number of rotatable bonds is 4. The number of hydrogen-bond donors (Lipinski definition) is 2. The maximum Gasteiger partial charge on any atom is 0.236 e. The Morgan fingerprint density at radius 1 is 1.45 bits per heavy atom. The van der Waals surface area contributed by atoms with Gasteiger partial charge in [0.15, 0.2) is 5.13 Å². The molecule has 1 aromatic heterocycles. The SMILES string of the molecule is Nc1ccc2nc(NC(=O)CSC3CCCC3)sc2c1. The second-order valence-corrected chi connectivity index (χ2v) is 7.33. The van der Waals surface area contributed by atoms with Gasteiger partial charge in [-0.05, 0) is 31.0 Å². The molecule has 0 unspecified atom stereocenters. The van der Waals surface area contributed by atoms with E-state index in [1.54, 1.807) is 11.8 Å². The first-order valence-corrected chi connectivity index (χ1v) is 8.65. The lowest BCUT2D eigenvalue weighted by molar-refractivity contribution is -0.113. The first kappa shape index (κ1) is 13.7. The molecule has 20 heavy (non-hydrogen) atoms. The molecule has 0 spiro atoms. The van der Waals surface area contributed by atoms with Gasteiger partial charge < -0.3 is 11.1 Å². The number of nitrogens with one attached hydrogen (secondary N) is 1. The van der Waals surface area contributed by atoms with Crippen molar-refractivity contribution in [2.24, 2.45) is 0 Å². The average Bonchev–Trinajstić information content (AvgIpc) is 3.04. The molecule has 6 heteroatoms. The third-order valence-corrected chi connectivity index (χ3v) is 5.72. The Labute approximate surface area is 126 Å². The molecule has 1 saturated carbocycles. The quantitative estimate of drug-likeness (QED) is 0.848. The summed E-state index contributed by atoms with van der Waals surface area (Å²) in [6, 6.07) is 5.59. The number of hydrogen-bond acceptors (Lipinski definition) is 5. The molecule has 0 atom stereocenters. The van der Waals surface area contributed by atoms with Gasteiger partial charge in [-0.2, -0.15) is 0 Å². The van der Waals surface area contributed by atoms with E-state index in [0.29, 0.717) is 16.1 Å². The van der Waals surface area contributed by atoms with E-state index in [9.17, 15) is 4.79 Å². The maximum atomic E-state index is 11.9. The minimum absolute atomic E-state index is 0.0360. The van der Waals surface area contributed by atoms with E-state index < -0.39 is 0 Å². The Kier molecular flexibility index (Phi) is 4.12. The summed E-state index contributed by atoms with van der Waals surface area (Å²) < 4.78 is 1.00. The number of nitrogens with two attached hydrogens (primary N) is 1. The normalized spacial score (nSPS) is 15.8. The van der Waals surface area contributed by atoms with Crippen molar-refractivity contribution in [2.75, 3.05) is 16.8 Å². The molecule has 0 bridgehead atoms. The predicted octanol–water partition coefficient (Wildman–Crippen LogP) is 3.49. The summed E-state index contributed by atoms with van der Waals surface area (Å²) in [5.74, 6) is 0.553. The van der Waals surface area contributed by atoms with Gasteiger partial charge in [-0.1, -0.05) is 24.2 Å². The van der Waals surface area contributed by atoms with Crippen molar-refractivity contribution in [3.63, 3.8) is 0 Å². The van der Waals surface area contributed by atoms with E-state index >= 15 is 0 Å². The number of nitrogen functional groups attached to an aromatic ring is 1. The lowest BCUT2D eigenvalue weighted by Gasteiger charge is -2.07. The van der Waals surface area contributed by atoms with E-state index in [1.165, 1.54) is 37.0 Å². The van der Waals surface area contributed by atoms with Crippen LogP contribution in [-0.2, 0) is 4.79 Å². The van der Waals surface area contributed by atoms with Crippen LogP contribution in [0.2, 0.25) is 0 Å². The first-order chi connectivity index (χ1) is 9.70. The molecule has 1 amide bonds. The Hall–Kier alpha value is -1.27. The van der Waals surface area contributed by atoms with Crippen LogP contribution in [0.1, 0.15) is 25.7 Å². The Bertz CT molecular complexity index is 620. The minimum Gasteiger partial charge on any atom is -0.399 e. The van der Waals surface area contributed by atoms with Crippen LogP contribution in [0.4, 0.5) is 10.8 Å². The number of carbonyl (C=O) groups excluding carboxylic acids is 1. The number of fused-ring (bicyclic) bond motifs is 1. The number of aromatic nitrogens is 1. The minimum atomic E-state index is 0.0360. The molecule has 106 valence electrons. The van der Waals surface area contributed by atoms with Gasteiger partial charge in [0.05, 0.1) is 16.0 Å². The van der Waals surface area contributed by atoms with Crippen LogP contribution in [0.15, 0.2) is 18.2 Å². The highest BCUT2D eigenvalue weighted by Crippen LogP contribution is 2.30. The van der Waals surface area contributed by atoms with Crippen LogP contribution < -0.4 is 11.1 Å². The zero-order valence-corrected chi connectivity index (χ0v) is 12.7. The summed E-state index contributed by atoms with van der Waals surface area (Å²) in [6.45, 7) is 0. The fraction of sp³-hybridized carbons (Fsp3) is 0.429. The lowest BCUT2D eigenvalue weighted by atomic mass is 10.3. The summed E-state index contributed by atoms with van der Waals surface area (Å²) in [5, 5.41) is 4.20. The number of amides is 1. The van der Waals surface area contributed by atoms with E-state index in [4.69, 9.17) is 5.73 Å². The molecule has 1 aromatic carbocycles. The number of thiazole rings is 1. The molecule has 1 aliphatic rings. The van der Waals surface area contributed by atoms with Gasteiger partial charge in [0, 0.05) is 10.9 Å². The monoisotopic (exact) mass is 307 g/mol. The van der Waals surface area contributed by atoms with Crippen LogP contribution in [0.5, 0.6) is 0 Å². The Balaban J connectivity index is 1.59. The first-order valence-electron chi connectivity index (χ1n) is 6.78. The second-order valence-electron chi connectivity index (χ2n) is 5.01. The molecule has 0 radical (unpaired) electrons. The summed E-state index contributed by atoms with van der Waals surface area (Å²) in [7, 11) is 0. The standard InChI is InChI=1S/C14H17N3OS2/c15-9-5-6-11-12(7-9)20-14(16-11)17-13(18)8-19-10-3-1-2-4-10/h5-7,10H,1-4,8,15H2,(H,16,17,18). The number of anilines is 2. The van der Waals surface area contributed by atoms with Crippen LogP contribution in [0.3, 0.4) is 0 Å². The number of benzene rings is 1. The second kappa shape index (κ2) is 6.01. The fourth-order valence-corrected chi connectivity index (χ4v) is 4.45. The third-order valence-electron chi connectivity index (χ3n) is 3.41. The molecule has 2 aromatic rings. The summed E-state index contributed by atoms with van der Waals surface area (Å²) in [5.41, 5.74) is 7.34. The fourth-order valence-electron chi connectivity index (χ4n) is 2.40. The average molecular weight is 307 g/mol. The lowest BCUT2D eigenvalue weighted by Crippen LogP contribution is -2.15. The Morgan fingerprint density at radius 3 is 3.05 bits per heavy atom. The molecular weight excluding hydrogens is 290 g/mol. The van der Waals surface area contributed by atoms with Gasteiger partial charge in [0.25, 0.3) is 0 Å². The number of nitrogens with zero attached hydrogens (tertiary/aromatic N) is 1. The van der Waals surface area contributed by atoms with E-state index in [-0.39, 0.29) is 5.91 Å². The molecule has 3 rings (SSSR count). The highest BCUT2D eigenvalue weighted by molar-refractivity contribution is 8.00. The molecule has 3 N–H and O–H groups in total. The van der Waals surface area contributed by atoms with E-state index in [0.717, 1.165) is 15.9 Å². The highest BCUT2D eigenvalue weighted by atomic mass is 32.2. The van der Waals surface area contributed by atoms with Crippen molar-refractivity contribution in [2.45, 2.75) is 30.9 Å². The smallest absolute Gasteiger partial charge is 0.236 e. The third kappa shape index (κ3) is 3.24. The van der Waals surface area contributed by atoms with E-state index in [1.807, 2.05) is 18.2 Å². The van der Waals surface area contributed by atoms with Crippen molar-refractivity contribution >= 4 is 50.0 Å². The molecule has 1 fully saturated rings. The summed E-state index contributed by atoms with van der Waals surface area (Å²) in [4.78, 5) is 16.3. The van der Waals surface area contributed by atoms with Crippen molar-refractivity contribution in [1.29, 1.82) is 0 Å². The zero-order chi connectivity index (χ0) is 13.9. The highest BCUT2D eigenvalue weighted by Gasteiger charge is 2.17. The van der Waals surface area contributed by atoms with Crippen LogP contribution in [-0.4, -0.2) is 21.9 Å². The van der Waals surface area contributed by atoms with Crippen molar-refractivity contribution in [3.05, 3.63) is 18.2 Å². The Morgan fingerprint density at radius 2 is 2.25 bits per heavy atom. The van der Waals surface area contributed by atoms with Gasteiger partial charge in [-0.15, -0.1) is 11.8 Å². The molecular formula is C14H17N3OS2. The predicted molar refractivity (Wildman–Crippen MR) is 87.4 cm³/mol. The van der Waals surface area contributed by atoms with Gasteiger partial charge >= 0.3 is 0 Å². The van der Waals surface area contributed by atoms with Crippen LogP contribution in [0.25, 0.3) is 10.2 Å². The van der Waals surface area contributed by atoms with Gasteiger partial charge in [-0.25, -0.2) is 4.98 Å². The van der Waals surface area contributed by atoms with Crippen molar-refractivity contribution in [1.82, 2.24) is 4.98 Å². The zero-order valence-electron chi connectivity index (χ0n) is 11.1. The van der Waals surface area contributed by atoms with Crippen LogP contribution >= 0.6 is 23.1 Å². The summed E-state index contributed by atoms with van der Waals surface area (Å²) in [6.07, 6.45) is 5.11. The maximum absolute atomic E-state index is 11.9.